The van der Waals surface area contributed by atoms with Gasteiger partial charge in [0, 0.05) is 5.56 Å². The Bertz CT molecular complexity index is 392. The molecule has 0 bridgehead atoms. The van der Waals surface area contributed by atoms with Crippen LogP contribution in [-0.4, -0.2) is 9.61 Å². The fraction of sp³-hybridized carbons (Fsp3) is 0.444. The van der Waals surface area contributed by atoms with E-state index in [1.165, 1.54) is 0 Å². The molecule has 0 aliphatic carbocycles. The lowest BCUT2D eigenvalue weighted by atomic mass is 9.89. The average Bonchev–Trinajstić information content (AvgIpc) is 2.37. The first-order valence-electron chi connectivity index (χ1n) is 4.00. The third-order valence-electron chi connectivity index (χ3n) is 1.94. The number of rotatable bonds is 0. The van der Waals surface area contributed by atoms with Gasteiger partial charge in [0.25, 0.3) is 0 Å². The molecule has 2 aromatic rings. The van der Waals surface area contributed by atoms with Gasteiger partial charge in [-0.15, -0.1) is 0 Å². The fourth-order valence-corrected chi connectivity index (χ4v) is 1.24. The smallest absolute Gasteiger partial charge is 0.225 e. The van der Waals surface area contributed by atoms with Crippen molar-refractivity contribution < 1.29 is 4.42 Å². The summed E-state index contributed by atoms with van der Waals surface area (Å²) >= 11 is 0. The van der Waals surface area contributed by atoms with Gasteiger partial charge in [-0.25, -0.2) is 4.52 Å². The van der Waals surface area contributed by atoms with Crippen molar-refractivity contribution in [1.29, 1.82) is 0 Å². The van der Waals surface area contributed by atoms with Gasteiger partial charge in [0.15, 0.2) is 0 Å². The second-order valence-corrected chi connectivity index (χ2v) is 3.96. The highest BCUT2D eigenvalue weighted by molar-refractivity contribution is 5.46. The third kappa shape index (κ3) is 0.932. The minimum Gasteiger partial charge on any atom is -0.445 e. The number of aromatic nitrogens is 2. The van der Waals surface area contributed by atoms with Crippen LogP contribution in [0.5, 0.6) is 0 Å². The van der Waals surface area contributed by atoms with Crippen molar-refractivity contribution >= 4 is 5.71 Å². The summed E-state index contributed by atoms with van der Waals surface area (Å²) in [6.45, 7) is 6.44. The summed E-state index contributed by atoms with van der Waals surface area (Å²) in [7, 11) is 0. The summed E-state index contributed by atoms with van der Waals surface area (Å²) in [6.07, 6.45) is 5.32. The molecule has 2 rings (SSSR count). The molecule has 2 heterocycles. The van der Waals surface area contributed by atoms with E-state index in [0.29, 0.717) is 0 Å². The molecule has 2 aromatic heterocycles. The minimum atomic E-state index is 0.0968. The van der Waals surface area contributed by atoms with Crippen LogP contribution in [0.4, 0.5) is 0 Å². The first-order valence-corrected chi connectivity index (χ1v) is 4.00. The number of oxazole rings is 1. The van der Waals surface area contributed by atoms with Crippen molar-refractivity contribution in [2.75, 3.05) is 0 Å². The average molecular weight is 164 g/mol. The van der Waals surface area contributed by atoms with E-state index in [4.69, 9.17) is 4.42 Å². The molecule has 0 saturated heterocycles. The molecule has 12 heavy (non-hydrogen) atoms. The molecule has 0 saturated carbocycles. The van der Waals surface area contributed by atoms with Gasteiger partial charge in [-0.1, -0.05) is 20.8 Å². The fourth-order valence-electron chi connectivity index (χ4n) is 1.24. The second kappa shape index (κ2) is 2.12. The van der Waals surface area contributed by atoms with Gasteiger partial charge in [-0.3, -0.25) is 0 Å². The quantitative estimate of drug-likeness (QED) is 0.597. The maximum absolute atomic E-state index is 5.32. The lowest BCUT2D eigenvalue weighted by Crippen LogP contribution is -2.09. The van der Waals surface area contributed by atoms with Gasteiger partial charge in [-0.05, 0) is 5.41 Å². The van der Waals surface area contributed by atoms with Crippen LogP contribution < -0.4 is 0 Å². The van der Waals surface area contributed by atoms with Crippen LogP contribution in [0.1, 0.15) is 26.3 Å². The maximum atomic E-state index is 5.32. The van der Waals surface area contributed by atoms with Crippen LogP contribution in [-0.2, 0) is 5.41 Å². The Morgan fingerprint density at radius 1 is 1.42 bits per heavy atom. The summed E-state index contributed by atoms with van der Waals surface area (Å²) in [5.41, 5.74) is 2.09. The van der Waals surface area contributed by atoms with Crippen LogP contribution in [0, 0.1) is 0 Å². The predicted molar refractivity (Wildman–Crippen MR) is 46.2 cm³/mol. The number of nitrogens with zero attached hydrogens (tertiary/aromatic N) is 2. The van der Waals surface area contributed by atoms with E-state index < -0.39 is 0 Å². The molecule has 0 amide bonds. The van der Waals surface area contributed by atoms with E-state index in [9.17, 15) is 0 Å². The molecule has 0 spiro atoms. The third-order valence-corrected chi connectivity index (χ3v) is 1.94. The van der Waals surface area contributed by atoms with E-state index in [0.717, 1.165) is 11.3 Å². The van der Waals surface area contributed by atoms with Gasteiger partial charge in [0.05, 0.1) is 12.4 Å². The Morgan fingerprint density at radius 3 is 2.83 bits per heavy atom. The number of hydrogen-bond acceptors (Lipinski definition) is 2. The summed E-state index contributed by atoms with van der Waals surface area (Å²) in [5.74, 6) is 0. The van der Waals surface area contributed by atoms with Crippen molar-refractivity contribution in [1.82, 2.24) is 9.61 Å². The summed E-state index contributed by atoms with van der Waals surface area (Å²) in [5, 5.41) is 4.17. The highest BCUT2D eigenvalue weighted by atomic mass is 16.3. The Kier molecular flexibility index (Phi) is 1.31. The maximum Gasteiger partial charge on any atom is 0.225 e. The van der Waals surface area contributed by atoms with E-state index >= 15 is 0 Å². The van der Waals surface area contributed by atoms with Gasteiger partial charge < -0.3 is 4.42 Å². The molecule has 0 radical (unpaired) electrons. The summed E-state index contributed by atoms with van der Waals surface area (Å²) < 4.78 is 7.07. The standard InChI is InChI=1S/C9H12N2O/c1-9(2,3)7-6-10-11-4-5-12-8(7)11/h4-6H,1-3H3. The van der Waals surface area contributed by atoms with Crippen LogP contribution in [0.25, 0.3) is 5.71 Å². The summed E-state index contributed by atoms with van der Waals surface area (Å²) in [6, 6.07) is 0. The van der Waals surface area contributed by atoms with Gasteiger partial charge in [0.2, 0.25) is 5.71 Å². The molecule has 0 atom stereocenters. The number of hydrogen-bond donors (Lipinski definition) is 0. The summed E-state index contributed by atoms with van der Waals surface area (Å²) in [4.78, 5) is 0. The monoisotopic (exact) mass is 164 g/mol. The molecule has 0 N–H and O–H groups in total. The lowest BCUT2D eigenvalue weighted by Gasteiger charge is -2.14. The zero-order valence-corrected chi connectivity index (χ0v) is 7.53. The van der Waals surface area contributed by atoms with Gasteiger partial charge in [-0.2, -0.15) is 5.10 Å². The molecule has 0 aromatic carbocycles. The van der Waals surface area contributed by atoms with E-state index in [2.05, 4.69) is 25.9 Å². The van der Waals surface area contributed by atoms with Crippen molar-refractivity contribution in [2.45, 2.75) is 26.2 Å². The highest BCUT2D eigenvalue weighted by Gasteiger charge is 2.20. The van der Waals surface area contributed by atoms with Crippen molar-refractivity contribution in [2.24, 2.45) is 0 Å². The Balaban J connectivity index is 2.69. The Morgan fingerprint density at radius 2 is 2.17 bits per heavy atom. The normalized spacial score (nSPS) is 12.6. The predicted octanol–water partition coefficient (Wildman–Crippen LogP) is 2.22. The van der Waals surface area contributed by atoms with Crippen molar-refractivity contribution in [3.8, 4) is 0 Å². The Hall–Kier alpha value is -1.25. The van der Waals surface area contributed by atoms with Crippen molar-refractivity contribution in [3.63, 3.8) is 0 Å². The van der Waals surface area contributed by atoms with E-state index in [-0.39, 0.29) is 5.41 Å². The molecule has 0 unspecified atom stereocenters. The van der Waals surface area contributed by atoms with E-state index in [1.54, 1.807) is 10.8 Å². The van der Waals surface area contributed by atoms with Gasteiger partial charge >= 0.3 is 0 Å². The molecule has 64 valence electrons. The molecular formula is C9H12N2O. The second-order valence-electron chi connectivity index (χ2n) is 3.96. The van der Waals surface area contributed by atoms with E-state index in [1.807, 2.05) is 12.4 Å². The first kappa shape index (κ1) is 7.40. The zero-order valence-electron chi connectivity index (χ0n) is 7.53. The van der Waals surface area contributed by atoms with Crippen LogP contribution in [0.2, 0.25) is 0 Å². The molecular weight excluding hydrogens is 152 g/mol. The molecule has 0 aliphatic rings. The largest absolute Gasteiger partial charge is 0.445 e. The van der Waals surface area contributed by atoms with Gasteiger partial charge in [0.1, 0.15) is 6.26 Å². The van der Waals surface area contributed by atoms with Crippen molar-refractivity contribution in [3.05, 3.63) is 24.2 Å². The SMILES string of the molecule is CC(C)(C)c1cnn2ccoc12. The minimum absolute atomic E-state index is 0.0968. The van der Waals surface area contributed by atoms with Crippen LogP contribution in [0.3, 0.4) is 0 Å². The molecule has 0 fully saturated rings. The zero-order chi connectivity index (χ0) is 8.77. The topological polar surface area (TPSA) is 30.4 Å². The highest BCUT2D eigenvalue weighted by Crippen LogP contribution is 2.26. The Labute approximate surface area is 71.0 Å². The molecule has 3 heteroatoms. The van der Waals surface area contributed by atoms with Crippen LogP contribution in [0.15, 0.2) is 23.1 Å². The first-order chi connectivity index (χ1) is 5.59. The molecule has 0 aliphatic heterocycles. The lowest BCUT2D eigenvalue weighted by molar-refractivity contribution is 0.555. The number of fused-ring (bicyclic) bond motifs is 1. The molecule has 3 nitrogen and oxygen atoms in total. The van der Waals surface area contributed by atoms with Crippen LogP contribution >= 0.6 is 0 Å².